The van der Waals surface area contributed by atoms with Gasteiger partial charge in [0.2, 0.25) is 0 Å². The molecule has 1 saturated carbocycles. The van der Waals surface area contributed by atoms with Crippen molar-refractivity contribution in [1.82, 2.24) is 0 Å². The second-order valence-corrected chi connectivity index (χ2v) is 5.21. The van der Waals surface area contributed by atoms with Gasteiger partial charge in [-0.1, -0.05) is 18.2 Å². The Morgan fingerprint density at radius 3 is 2.40 bits per heavy atom. The van der Waals surface area contributed by atoms with Gasteiger partial charge < -0.3 is 4.74 Å². The van der Waals surface area contributed by atoms with Gasteiger partial charge in [0, 0.05) is 5.56 Å². The van der Waals surface area contributed by atoms with Crippen molar-refractivity contribution >= 4 is 10.7 Å². The second-order valence-electron chi connectivity index (χ2n) is 3.84. The van der Waals surface area contributed by atoms with Crippen molar-refractivity contribution in [2.75, 3.05) is 7.11 Å². The Morgan fingerprint density at radius 1 is 1.27 bits per heavy atom. The van der Waals surface area contributed by atoms with Gasteiger partial charge in [-0.2, -0.15) is 0 Å². The van der Waals surface area contributed by atoms with E-state index >= 15 is 0 Å². The standard InChI is InChI=1S/C11H14O3S/c1-14-10-6-3-2-5-9(10)11(15(12)13)7-4-8-11/h2-3,5-6,15H,4,7-8H2,1H3. The third-order valence-electron chi connectivity index (χ3n) is 3.14. The van der Waals surface area contributed by atoms with Crippen molar-refractivity contribution in [1.29, 1.82) is 0 Å². The van der Waals surface area contributed by atoms with E-state index in [1.54, 1.807) is 7.11 Å². The lowest BCUT2D eigenvalue weighted by Gasteiger charge is -2.37. The van der Waals surface area contributed by atoms with Crippen LogP contribution in [-0.4, -0.2) is 15.5 Å². The van der Waals surface area contributed by atoms with Gasteiger partial charge in [0.1, 0.15) is 16.5 Å². The summed E-state index contributed by atoms with van der Waals surface area (Å²) in [6.45, 7) is 0. The molecule has 0 saturated heterocycles. The first-order chi connectivity index (χ1) is 7.20. The molecular formula is C11H14O3S. The minimum atomic E-state index is -2.44. The summed E-state index contributed by atoms with van der Waals surface area (Å²) in [4.78, 5) is 0. The molecule has 15 heavy (non-hydrogen) atoms. The van der Waals surface area contributed by atoms with Crippen molar-refractivity contribution < 1.29 is 13.2 Å². The quantitative estimate of drug-likeness (QED) is 0.797. The molecule has 1 aliphatic carbocycles. The zero-order valence-electron chi connectivity index (χ0n) is 8.60. The summed E-state index contributed by atoms with van der Waals surface area (Å²) in [6, 6.07) is 7.38. The first-order valence-electron chi connectivity index (χ1n) is 4.99. The summed E-state index contributed by atoms with van der Waals surface area (Å²) < 4.78 is 27.3. The molecule has 0 atom stereocenters. The average molecular weight is 226 g/mol. The first kappa shape index (κ1) is 10.5. The lowest BCUT2D eigenvalue weighted by atomic mass is 9.78. The van der Waals surface area contributed by atoms with E-state index in [9.17, 15) is 8.42 Å². The number of hydrogen-bond acceptors (Lipinski definition) is 3. The normalized spacial score (nSPS) is 18.5. The second kappa shape index (κ2) is 3.85. The monoisotopic (exact) mass is 226 g/mol. The van der Waals surface area contributed by atoms with Gasteiger partial charge in [-0.05, 0) is 25.3 Å². The van der Waals surface area contributed by atoms with E-state index < -0.39 is 15.5 Å². The smallest absolute Gasteiger partial charge is 0.150 e. The Labute approximate surface area is 91.0 Å². The third kappa shape index (κ3) is 1.53. The lowest BCUT2D eigenvalue weighted by Crippen LogP contribution is -2.35. The molecule has 82 valence electrons. The maximum Gasteiger partial charge on any atom is 0.150 e. The highest BCUT2D eigenvalue weighted by molar-refractivity contribution is 7.73. The maximum absolute atomic E-state index is 11.4. The number of methoxy groups -OCH3 is 1. The van der Waals surface area contributed by atoms with Crippen LogP contribution in [0.15, 0.2) is 24.3 Å². The van der Waals surface area contributed by atoms with Gasteiger partial charge in [0.15, 0.2) is 0 Å². The van der Waals surface area contributed by atoms with Gasteiger partial charge in [0.25, 0.3) is 0 Å². The zero-order valence-corrected chi connectivity index (χ0v) is 9.50. The number of rotatable bonds is 3. The zero-order chi connectivity index (χ0) is 10.9. The molecule has 2 rings (SSSR count). The van der Waals surface area contributed by atoms with E-state index in [0.29, 0.717) is 18.6 Å². The van der Waals surface area contributed by atoms with Gasteiger partial charge in [-0.25, -0.2) is 8.42 Å². The molecule has 1 fully saturated rings. The van der Waals surface area contributed by atoms with Crippen molar-refractivity contribution in [3.8, 4) is 5.75 Å². The van der Waals surface area contributed by atoms with E-state index in [2.05, 4.69) is 0 Å². The molecule has 1 aromatic carbocycles. The fraction of sp³-hybridized carbons (Fsp3) is 0.455. The molecule has 0 N–H and O–H groups in total. The van der Waals surface area contributed by atoms with Gasteiger partial charge in [-0.3, -0.25) is 0 Å². The van der Waals surface area contributed by atoms with Crippen LogP contribution in [0.1, 0.15) is 24.8 Å². The van der Waals surface area contributed by atoms with Gasteiger partial charge >= 0.3 is 0 Å². The predicted octanol–water partition coefficient (Wildman–Crippen LogP) is 1.69. The van der Waals surface area contributed by atoms with Crippen molar-refractivity contribution in [3.05, 3.63) is 29.8 Å². The van der Waals surface area contributed by atoms with Crippen molar-refractivity contribution in [2.45, 2.75) is 24.0 Å². The van der Waals surface area contributed by atoms with Crippen LogP contribution in [0.4, 0.5) is 0 Å². The molecule has 0 heterocycles. The van der Waals surface area contributed by atoms with Crippen LogP contribution in [0.2, 0.25) is 0 Å². The Kier molecular flexibility index (Phi) is 2.69. The minimum absolute atomic E-state index is 0.665. The topological polar surface area (TPSA) is 43.4 Å². The van der Waals surface area contributed by atoms with E-state index in [4.69, 9.17) is 4.74 Å². The van der Waals surface area contributed by atoms with Gasteiger partial charge in [-0.15, -0.1) is 0 Å². The van der Waals surface area contributed by atoms with Gasteiger partial charge in [0.05, 0.1) is 11.9 Å². The SMILES string of the molecule is COc1ccccc1C1([SH](=O)=O)CCC1. The third-order valence-corrected chi connectivity index (χ3v) is 4.53. The highest BCUT2D eigenvalue weighted by Crippen LogP contribution is 2.47. The van der Waals surface area contributed by atoms with Crippen LogP contribution in [0.3, 0.4) is 0 Å². The average Bonchev–Trinajstić information content (AvgIpc) is 2.16. The summed E-state index contributed by atoms with van der Waals surface area (Å²) in [5.74, 6) is 0.677. The molecule has 0 aliphatic heterocycles. The molecular weight excluding hydrogens is 212 g/mol. The number of ether oxygens (including phenoxy) is 1. The molecule has 4 heteroatoms. The Hall–Kier alpha value is -1.03. The summed E-state index contributed by atoms with van der Waals surface area (Å²) in [6.07, 6.45) is 2.40. The molecule has 3 nitrogen and oxygen atoms in total. The van der Waals surface area contributed by atoms with E-state index in [1.165, 1.54) is 0 Å². The van der Waals surface area contributed by atoms with Crippen LogP contribution in [-0.2, 0) is 15.5 Å². The summed E-state index contributed by atoms with van der Waals surface area (Å²) in [7, 11) is -0.865. The van der Waals surface area contributed by atoms with Crippen molar-refractivity contribution in [2.24, 2.45) is 0 Å². The molecule has 0 aromatic heterocycles. The molecule has 0 radical (unpaired) electrons. The molecule has 1 aliphatic rings. The van der Waals surface area contributed by atoms with Crippen LogP contribution in [0, 0.1) is 0 Å². The Bertz CT molecular complexity index is 425. The Morgan fingerprint density at radius 2 is 1.93 bits per heavy atom. The number of hydrogen-bond donors (Lipinski definition) is 1. The predicted molar refractivity (Wildman–Crippen MR) is 58.8 cm³/mol. The van der Waals surface area contributed by atoms with Crippen LogP contribution < -0.4 is 4.74 Å². The summed E-state index contributed by atoms with van der Waals surface area (Å²) >= 11 is 0. The number of para-hydroxylation sites is 1. The fourth-order valence-electron chi connectivity index (χ4n) is 2.09. The van der Waals surface area contributed by atoms with Crippen molar-refractivity contribution in [3.63, 3.8) is 0 Å². The first-order valence-corrected chi connectivity index (χ1v) is 6.16. The number of thiol groups is 1. The summed E-state index contributed by atoms with van der Waals surface area (Å²) in [5, 5.41) is 0. The van der Waals surface area contributed by atoms with Crippen LogP contribution >= 0.6 is 0 Å². The highest BCUT2D eigenvalue weighted by atomic mass is 32.2. The maximum atomic E-state index is 11.4. The van der Waals surface area contributed by atoms with E-state index in [0.717, 1.165) is 12.0 Å². The fourth-order valence-corrected chi connectivity index (χ4v) is 3.15. The molecule has 0 spiro atoms. The lowest BCUT2D eigenvalue weighted by molar-refractivity contribution is 0.331. The minimum Gasteiger partial charge on any atom is -0.496 e. The molecule has 1 aromatic rings. The van der Waals surface area contributed by atoms with E-state index in [-0.39, 0.29) is 0 Å². The summed E-state index contributed by atoms with van der Waals surface area (Å²) in [5.41, 5.74) is 0.815. The molecule has 0 unspecified atom stereocenters. The van der Waals surface area contributed by atoms with Crippen LogP contribution in [0.5, 0.6) is 5.75 Å². The molecule has 0 amide bonds. The van der Waals surface area contributed by atoms with E-state index in [1.807, 2.05) is 24.3 Å². The number of benzene rings is 1. The highest BCUT2D eigenvalue weighted by Gasteiger charge is 2.44. The largest absolute Gasteiger partial charge is 0.496 e. The Balaban J connectivity index is 2.52. The molecule has 0 bridgehead atoms. The van der Waals surface area contributed by atoms with Crippen LogP contribution in [0.25, 0.3) is 0 Å².